The SMILES string of the molecule is COc1cc(C=Nn2c(C3CCCCC3)nc3ccc(Br)cc3c2=O)ccc1OCC(=O)Nc1ccccc1C. The summed E-state index contributed by atoms with van der Waals surface area (Å²) in [5, 5.41) is 7.97. The number of aromatic nitrogens is 2. The highest BCUT2D eigenvalue weighted by molar-refractivity contribution is 9.10. The Morgan fingerprint density at radius 2 is 1.90 bits per heavy atom. The number of para-hydroxylation sites is 1. The number of nitrogens with zero attached hydrogens (tertiary/aromatic N) is 3. The maximum atomic E-state index is 13.5. The van der Waals surface area contributed by atoms with Crippen molar-refractivity contribution in [3.63, 3.8) is 0 Å². The van der Waals surface area contributed by atoms with Crippen LogP contribution in [0.2, 0.25) is 0 Å². The van der Waals surface area contributed by atoms with Crippen LogP contribution in [0.15, 0.2) is 75.0 Å². The second-order valence-electron chi connectivity index (χ2n) is 9.89. The molecule has 1 N–H and O–H groups in total. The van der Waals surface area contributed by atoms with Crippen LogP contribution in [0.4, 0.5) is 5.69 Å². The summed E-state index contributed by atoms with van der Waals surface area (Å²) >= 11 is 3.46. The molecule has 0 bridgehead atoms. The number of nitrogens with one attached hydrogen (secondary N) is 1. The lowest BCUT2D eigenvalue weighted by Gasteiger charge is -2.22. The zero-order chi connectivity index (χ0) is 28.1. The number of carbonyl (C=O) groups excluding carboxylic acids is 1. The fraction of sp³-hybridized carbons (Fsp3) is 0.290. The van der Waals surface area contributed by atoms with Gasteiger partial charge < -0.3 is 14.8 Å². The maximum absolute atomic E-state index is 13.5. The first-order valence-electron chi connectivity index (χ1n) is 13.4. The number of fused-ring (bicyclic) bond motifs is 1. The predicted octanol–water partition coefficient (Wildman–Crippen LogP) is 6.42. The molecule has 5 rings (SSSR count). The molecule has 8 nitrogen and oxygen atoms in total. The van der Waals surface area contributed by atoms with E-state index in [1.165, 1.54) is 18.2 Å². The van der Waals surface area contributed by atoms with Gasteiger partial charge in [0.2, 0.25) is 0 Å². The van der Waals surface area contributed by atoms with Gasteiger partial charge in [0.1, 0.15) is 5.82 Å². The summed E-state index contributed by atoms with van der Waals surface area (Å²) in [6.45, 7) is 1.76. The van der Waals surface area contributed by atoms with Crippen LogP contribution in [0.5, 0.6) is 11.5 Å². The van der Waals surface area contributed by atoms with E-state index in [0.717, 1.165) is 41.4 Å². The fourth-order valence-corrected chi connectivity index (χ4v) is 5.31. The second-order valence-corrected chi connectivity index (χ2v) is 10.8. The summed E-state index contributed by atoms with van der Waals surface area (Å²) in [6, 6.07) is 18.4. The van der Waals surface area contributed by atoms with E-state index in [4.69, 9.17) is 14.5 Å². The molecule has 1 aliphatic rings. The monoisotopic (exact) mass is 602 g/mol. The number of amides is 1. The number of methoxy groups -OCH3 is 1. The van der Waals surface area contributed by atoms with Crippen molar-refractivity contribution in [2.75, 3.05) is 19.0 Å². The van der Waals surface area contributed by atoms with Crippen LogP contribution in [-0.2, 0) is 4.79 Å². The summed E-state index contributed by atoms with van der Waals surface area (Å²) in [4.78, 5) is 30.9. The van der Waals surface area contributed by atoms with E-state index >= 15 is 0 Å². The first-order valence-corrected chi connectivity index (χ1v) is 14.1. The summed E-state index contributed by atoms with van der Waals surface area (Å²) < 4.78 is 13.5. The van der Waals surface area contributed by atoms with Gasteiger partial charge in [0.15, 0.2) is 18.1 Å². The van der Waals surface area contributed by atoms with Gasteiger partial charge in [-0.2, -0.15) is 9.78 Å². The summed E-state index contributed by atoms with van der Waals surface area (Å²) in [6.07, 6.45) is 7.03. The molecule has 3 aromatic carbocycles. The van der Waals surface area contributed by atoms with Gasteiger partial charge in [-0.15, -0.1) is 0 Å². The molecule has 206 valence electrons. The van der Waals surface area contributed by atoms with Gasteiger partial charge in [-0.3, -0.25) is 9.59 Å². The van der Waals surface area contributed by atoms with Crippen molar-refractivity contribution < 1.29 is 14.3 Å². The normalized spacial score (nSPS) is 14.0. The van der Waals surface area contributed by atoms with Crippen molar-refractivity contribution in [1.29, 1.82) is 0 Å². The van der Waals surface area contributed by atoms with E-state index in [-0.39, 0.29) is 24.0 Å². The lowest BCUT2D eigenvalue weighted by molar-refractivity contribution is -0.118. The lowest BCUT2D eigenvalue weighted by atomic mass is 9.88. The zero-order valence-corrected chi connectivity index (χ0v) is 24.1. The van der Waals surface area contributed by atoms with Crippen LogP contribution in [0, 0.1) is 6.92 Å². The molecule has 0 atom stereocenters. The molecule has 1 amide bonds. The largest absolute Gasteiger partial charge is 0.493 e. The van der Waals surface area contributed by atoms with Gasteiger partial charge in [0.05, 0.1) is 24.2 Å². The number of halogens is 1. The summed E-state index contributed by atoms with van der Waals surface area (Å²) in [5.41, 5.74) is 2.90. The Balaban J connectivity index is 1.38. The highest BCUT2D eigenvalue weighted by atomic mass is 79.9. The number of aryl methyl sites for hydroxylation is 1. The quantitative estimate of drug-likeness (QED) is 0.235. The third-order valence-electron chi connectivity index (χ3n) is 7.09. The van der Waals surface area contributed by atoms with E-state index < -0.39 is 0 Å². The molecule has 0 spiro atoms. The molecule has 1 saturated carbocycles. The Bertz CT molecular complexity index is 1630. The van der Waals surface area contributed by atoms with E-state index in [9.17, 15) is 9.59 Å². The molecule has 1 aliphatic carbocycles. The van der Waals surface area contributed by atoms with Crippen molar-refractivity contribution in [1.82, 2.24) is 9.66 Å². The van der Waals surface area contributed by atoms with Gasteiger partial charge in [0.25, 0.3) is 11.5 Å². The van der Waals surface area contributed by atoms with Crippen molar-refractivity contribution in [2.24, 2.45) is 5.10 Å². The predicted molar refractivity (Wildman–Crippen MR) is 161 cm³/mol. The summed E-state index contributed by atoms with van der Waals surface area (Å²) in [5.74, 6) is 1.49. The molecule has 1 heterocycles. The molecule has 40 heavy (non-hydrogen) atoms. The fourth-order valence-electron chi connectivity index (χ4n) is 4.95. The maximum Gasteiger partial charge on any atom is 0.282 e. The Hall–Kier alpha value is -3.98. The van der Waals surface area contributed by atoms with E-state index in [1.807, 2.05) is 43.3 Å². The lowest BCUT2D eigenvalue weighted by Crippen LogP contribution is -2.25. The van der Waals surface area contributed by atoms with Crippen molar-refractivity contribution in [3.8, 4) is 11.5 Å². The molecular formula is C31H31BrN4O4. The van der Waals surface area contributed by atoms with Gasteiger partial charge in [-0.05, 0) is 73.4 Å². The van der Waals surface area contributed by atoms with Crippen molar-refractivity contribution in [2.45, 2.75) is 44.9 Å². The van der Waals surface area contributed by atoms with Crippen LogP contribution < -0.4 is 20.3 Å². The third kappa shape index (κ3) is 6.25. The average molecular weight is 604 g/mol. The number of anilines is 1. The molecule has 0 saturated heterocycles. The Morgan fingerprint density at radius 3 is 2.67 bits per heavy atom. The van der Waals surface area contributed by atoms with Crippen LogP contribution in [0.1, 0.15) is 55.0 Å². The minimum Gasteiger partial charge on any atom is -0.493 e. The van der Waals surface area contributed by atoms with Gasteiger partial charge in [0, 0.05) is 16.1 Å². The van der Waals surface area contributed by atoms with Crippen LogP contribution in [-0.4, -0.2) is 35.5 Å². The second kappa shape index (κ2) is 12.5. The molecular weight excluding hydrogens is 572 g/mol. The number of hydrogen-bond acceptors (Lipinski definition) is 6. The molecule has 0 aliphatic heterocycles. The minimum atomic E-state index is -0.271. The number of carbonyl (C=O) groups is 1. The Labute approximate surface area is 241 Å². The molecule has 9 heteroatoms. The summed E-state index contributed by atoms with van der Waals surface area (Å²) in [7, 11) is 1.54. The van der Waals surface area contributed by atoms with E-state index in [2.05, 4.69) is 26.3 Å². The van der Waals surface area contributed by atoms with Crippen LogP contribution >= 0.6 is 15.9 Å². The highest BCUT2D eigenvalue weighted by Gasteiger charge is 2.22. The van der Waals surface area contributed by atoms with Crippen LogP contribution in [0.3, 0.4) is 0 Å². The van der Waals surface area contributed by atoms with Gasteiger partial charge in [-0.1, -0.05) is 53.4 Å². The number of benzene rings is 3. The standard InChI is InChI=1S/C31H31BrN4O4/c1-20-8-6-7-11-25(20)34-29(37)19-40-27-15-12-21(16-28(27)39-2)18-33-36-30(22-9-4-3-5-10-22)35-26-14-13-23(32)17-24(26)31(36)38/h6-8,11-18,22H,3-5,9-10,19H2,1-2H3,(H,34,37). The Kier molecular flexibility index (Phi) is 8.60. The number of ether oxygens (including phenoxy) is 2. The van der Waals surface area contributed by atoms with E-state index in [0.29, 0.717) is 33.8 Å². The minimum absolute atomic E-state index is 0.170. The first kappa shape index (κ1) is 27.6. The number of hydrogen-bond donors (Lipinski definition) is 1. The molecule has 0 radical (unpaired) electrons. The molecule has 4 aromatic rings. The number of rotatable bonds is 8. The molecule has 0 unspecified atom stereocenters. The average Bonchev–Trinajstić information content (AvgIpc) is 2.97. The Morgan fingerprint density at radius 1 is 1.10 bits per heavy atom. The van der Waals surface area contributed by atoms with Crippen LogP contribution in [0.25, 0.3) is 10.9 Å². The van der Waals surface area contributed by atoms with Crippen molar-refractivity contribution >= 4 is 44.6 Å². The van der Waals surface area contributed by atoms with Gasteiger partial charge >= 0.3 is 0 Å². The van der Waals surface area contributed by atoms with Gasteiger partial charge in [-0.25, -0.2) is 4.98 Å². The third-order valence-corrected chi connectivity index (χ3v) is 7.58. The molecule has 1 aromatic heterocycles. The topological polar surface area (TPSA) is 94.8 Å². The highest BCUT2D eigenvalue weighted by Crippen LogP contribution is 2.32. The van der Waals surface area contributed by atoms with Crippen molar-refractivity contribution in [3.05, 3.63) is 92.4 Å². The zero-order valence-electron chi connectivity index (χ0n) is 22.5. The first-order chi connectivity index (χ1) is 19.4. The molecule has 1 fully saturated rings. The smallest absolute Gasteiger partial charge is 0.282 e. The van der Waals surface area contributed by atoms with E-state index in [1.54, 1.807) is 30.5 Å².